The zero-order chi connectivity index (χ0) is 19.6. The van der Waals surface area contributed by atoms with Crippen LogP contribution in [0, 0.1) is 13.8 Å². The van der Waals surface area contributed by atoms with Crippen molar-refractivity contribution in [3.63, 3.8) is 0 Å². The lowest BCUT2D eigenvalue weighted by Crippen LogP contribution is -2.16. The molecular weight excluding hydrogens is 359 g/mol. The van der Waals surface area contributed by atoms with Crippen molar-refractivity contribution in [2.24, 2.45) is 0 Å². The molecule has 0 saturated carbocycles. The standard InChI is InChI=1S/C22H19O4P/c1-15-13-14-19(21(23)17-9-5-3-6-10-17)16(2)20(15)22(24)27(25,26)18-11-7-4-8-12-18/h3-14H,1-2H3,(H,25,26). The van der Waals surface area contributed by atoms with E-state index in [4.69, 9.17) is 0 Å². The van der Waals surface area contributed by atoms with E-state index in [1.807, 2.05) is 6.07 Å². The van der Waals surface area contributed by atoms with Gasteiger partial charge in [0.1, 0.15) is 0 Å². The number of carbonyl (C=O) groups is 2. The Bertz CT molecular complexity index is 1060. The summed E-state index contributed by atoms with van der Waals surface area (Å²) in [6.07, 6.45) is 0. The van der Waals surface area contributed by atoms with Crippen LogP contribution in [0.4, 0.5) is 0 Å². The highest BCUT2D eigenvalue weighted by atomic mass is 31.2. The van der Waals surface area contributed by atoms with Gasteiger partial charge in [0, 0.05) is 22.0 Å². The van der Waals surface area contributed by atoms with Crippen LogP contribution in [-0.4, -0.2) is 16.2 Å². The second-order valence-corrected chi connectivity index (χ2v) is 8.42. The molecule has 4 nitrogen and oxygen atoms in total. The molecule has 0 aliphatic carbocycles. The van der Waals surface area contributed by atoms with Crippen LogP contribution in [0.25, 0.3) is 0 Å². The molecule has 0 fully saturated rings. The van der Waals surface area contributed by atoms with Gasteiger partial charge in [-0.25, -0.2) is 0 Å². The summed E-state index contributed by atoms with van der Waals surface area (Å²) in [4.78, 5) is 36.3. The molecule has 0 bridgehead atoms. The fourth-order valence-corrected chi connectivity index (χ4v) is 4.52. The van der Waals surface area contributed by atoms with Crippen LogP contribution in [0.3, 0.4) is 0 Å². The van der Waals surface area contributed by atoms with E-state index in [1.54, 1.807) is 68.4 Å². The van der Waals surface area contributed by atoms with Crippen molar-refractivity contribution < 1.29 is 19.0 Å². The van der Waals surface area contributed by atoms with Crippen molar-refractivity contribution in [1.29, 1.82) is 0 Å². The lowest BCUT2D eigenvalue weighted by molar-refractivity contribution is 0.103. The smallest absolute Gasteiger partial charge is 0.298 e. The molecule has 0 amide bonds. The Kier molecular flexibility index (Phi) is 5.22. The molecule has 0 aliphatic rings. The van der Waals surface area contributed by atoms with Crippen LogP contribution < -0.4 is 5.30 Å². The van der Waals surface area contributed by atoms with Crippen LogP contribution in [0.5, 0.6) is 0 Å². The van der Waals surface area contributed by atoms with Gasteiger partial charge in [0.2, 0.25) is 0 Å². The Hall–Kier alpha value is -2.81. The first-order chi connectivity index (χ1) is 12.8. The fraction of sp³-hybridized carbons (Fsp3) is 0.0909. The average molecular weight is 378 g/mol. The minimum atomic E-state index is -4.28. The summed E-state index contributed by atoms with van der Waals surface area (Å²) in [6, 6.07) is 19.9. The predicted octanol–water partition coefficient (Wildman–Crippen LogP) is 4.27. The van der Waals surface area contributed by atoms with E-state index in [0.717, 1.165) is 0 Å². The average Bonchev–Trinajstić information content (AvgIpc) is 2.69. The Morgan fingerprint density at radius 1 is 0.815 bits per heavy atom. The maximum absolute atomic E-state index is 13.0. The molecule has 1 N–H and O–H groups in total. The normalized spacial score (nSPS) is 13.0. The van der Waals surface area contributed by atoms with Crippen molar-refractivity contribution >= 4 is 24.0 Å². The zero-order valence-corrected chi connectivity index (χ0v) is 15.9. The first kappa shape index (κ1) is 19.0. The Labute approximate surface area is 157 Å². The third-order valence-electron chi connectivity index (χ3n) is 4.55. The molecule has 0 saturated heterocycles. The van der Waals surface area contributed by atoms with Crippen LogP contribution in [0.15, 0.2) is 72.8 Å². The van der Waals surface area contributed by atoms with E-state index in [1.165, 1.54) is 12.1 Å². The maximum atomic E-state index is 13.0. The molecule has 0 radical (unpaired) electrons. The van der Waals surface area contributed by atoms with Gasteiger partial charge in [-0.2, -0.15) is 0 Å². The largest absolute Gasteiger partial charge is 0.336 e. The molecule has 3 rings (SSSR count). The Balaban J connectivity index is 2.10. The summed E-state index contributed by atoms with van der Waals surface area (Å²) in [7, 11) is -4.28. The maximum Gasteiger partial charge on any atom is 0.298 e. The van der Waals surface area contributed by atoms with Gasteiger partial charge in [0.25, 0.3) is 12.9 Å². The van der Waals surface area contributed by atoms with E-state index in [9.17, 15) is 19.0 Å². The van der Waals surface area contributed by atoms with Crippen LogP contribution in [0.1, 0.15) is 37.4 Å². The minimum Gasteiger partial charge on any atom is -0.336 e. The molecule has 3 aromatic carbocycles. The molecule has 3 aromatic rings. The van der Waals surface area contributed by atoms with Gasteiger partial charge in [-0.15, -0.1) is 0 Å². The first-order valence-corrected chi connectivity index (χ1v) is 10.1. The number of rotatable bonds is 5. The fourth-order valence-electron chi connectivity index (χ4n) is 3.07. The highest BCUT2D eigenvalue weighted by molar-refractivity contribution is 7.82. The molecule has 27 heavy (non-hydrogen) atoms. The Morgan fingerprint density at radius 2 is 1.37 bits per heavy atom. The van der Waals surface area contributed by atoms with E-state index < -0.39 is 12.9 Å². The number of ketones is 1. The molecule has 0 aromatic heterocycles. The quantitative estimate of drug-likeness (QED) is 0.532. The number of benzene rings is 3. The van der Waals surface area contributed by atoms with Gasteiger partial charge in [-0.05, 0) is 37.1 Å². The second kappa shape index (κ2) is 7.43. The van der Waals surface area contributed by atoms with Crippen molar-refractivity contribution in [1.82, 2.24) is 0 Å². The van der Waals surface area contributed by atoms with Gasteiger partial charge in [-0.3, -0.25) is 14.2 Å². The first-order valence-electron chi connectivity index (χ1n) is 8.47. The van der Waals surface area contributed by atoms with E-state index >= 15 is 0 Å². The van der Waals surface area contributed by atoms with Crippen LogP contribution in [-0.2, 0) is 4.57 Å². The van der Waals surface area contributed by atoms with Gasteiger partial charge in [0.05, 0.1) is 0 Å². The molecule has 0 spiro atoms. The predicted molar refractivity (Wildman–Crippen MR) is 106 cm³/mol. The Morgan fingerprint density at radius 3 is 1.96 bits per heavy atom. The lowest BCUT2D eigenvalue weighted by atomic mass is 9.93. The SMILES string of the molecule is Cc1ccc(C(=O)c2ccccc2)c(C)c1C(=O)P(=O)(O)c1ccccc1. The monoisotopic (exact) mass is 378 g/mol. The van der Waals surface area contributed by atoms with E-state index in [0.29, 0.717) is 22.3 Å². The van der Waals surface area contributed by atoms with Gasteiger partial charge in [0.15, 0.2) is 5.78 Å². The third kappa shape index (κ3) is 3.55. The van der Waals surface area contributed by atoms with Crippen LogP contribution in [0.2, 0.25) is 0 Å². The van der Waals surface area contributed by atoms with Crippen molar-refractivity contribution in [3.8, 4) is 0 Å². The number of hydrogen-bond acceptors (Lipinski definition) is 3. The number of hydrogen-bond donors (Lipinski definition) is 1. The highest BCUT2D eigenvalue weighted by Gasteiger charge is 2.35. The lowest BCUT2D eigenvalue weighted by Gasteiger charge is -2.16. The van der Waals surface area contributed by atoms with Crippen molar-refractivity contribution in [2.75, 3.05) is 0 Å². The van der Waals surface area contributed by atoms with Gasteiger partial charge >= 0.3 is 0 Å². The van der Waals surface area contributed by atoms with E-state index in [2.05, 4.69) is 0 Å². The second-order valence-electron chi connectivity index (χ2n) is 6.34. The molecule has 136 valence electrons. The topological polar surface area (TPSA) is 71.4 Å². The summed E-state index contributed by atoms with van der Waals surface area (Å²) >= 11 is 0. The zero-order valence-electron chi connectivity index (χ0n) is 15.0. The van der Waals surface area contributed by atoms with Crippen molar-refractivity contribution in [3.05, 3.63) is 101 Å². The molecular formula is C22H19O4P. The molecule has 5 heteroatoms. The summed E-state index contributed by atoms with van der Waals surface area (Å²) in [5.41, 5.74) is 1.10. The summed E-state index contributed by atoms with van der Waals surface area (Å²) < 4.78 is 12.9. The number of aryl methyl sites for hydroxylation is 1. The minimum absolute atomic E-state index is 0.0774. The summed E-state index contributed by atoms with van der Waals surface area (Å²) in [5, 5.41) is 0.0774. The van der Waals surface area contributed by atoms with Crippen LogP contribution >= 0.6 is 7.37 Å². The van der Waals surface area contributed by atoms with E-state index in [-0.39, 0.29) is 16.7 Å². The van der Waals surface area contributed by atoms with Gasteiger partial charge in [-0.1, -0.05) is 60.7 Å². The number of carbonyl (C=O) groups excluding carboxylic acids is 2. The van der Waals surface area contributed by atoms with Gasteiger partial charge < -0.3 is 4.89 Å². The summed E-state index contributed by atoms with van der Waals surface area (Å²) in [5.74, 6) is -0.227. The molecule has 1 atom stereocenters. The van der Waals surface area contributed by atoms with Crippen molar-refractivity contribution in [2.45, 2.75) is 13.8 Å². The molecule has 0 aliphatic heterocycles. The highest BCUT2D eigenvalue weighted by Crippen LogP contribution is 2.44. The third-order valence-corrected chi connectivity index (χ3v) is 6.32. The molecule has 1 unspecified atom stereocenters. The molecule has 0 heterocycles. The summed E-state index contributed by atoms with van der Waals surface area (Å²) in [6.45, 7) is 3.34.